The molecule has 0 bridgehead atoms. The van der Waals surface area contributed by atoms with Crippen molar-refractivity contribution in [3.8, 4) is 0 Å². The maximum absolute atomic E-state index is 12.6. The summed E-state index contributed by atoms with van der Waals surface area (Å²) in [6.07, 6.45) is 13.6. The van der Waals surface area contributed by atoms with Gasteiger partial charge in [0.2, 0.25) is 0 Å². The van der Waals surface area contributed by atoms with Crippen molar-refractivity contribution in [2.75, 3.05) is 53.4 Å². The fourth-order valence-corrected chi connectivity index (χ4v) is 8.57. The van der Waals surface area contributed by atoms with Gasteiger partial charge in [-0.25, -0.2) is 0 Å². The molecule has 0 N–H and O–H groups in total. The van der Waals surface area contributed by atoms with Gasteiger partial charge in [0.1, 0.15) is 0 Å². The normalized spacial score (nSPS) is 16.8. The van der Waals surface area contributed by atoms with E-state index in [-0.39, 0.29) is 17.2 Å². The summed E-state index contributed by atoms with van der Waals surface area (Å²) in [5.41, 5.74) is 4.95. The Morgan fingerprint density at radius 1 is 0.673 bits per heavy atom. The molecule has 2 aliphatic rings. The quantitative estimate of drug-likeness (QED) is 0.0525. The number of carbonyl (C=O) groups excluding carboxylic acids is 2. The third-order valence-electron chi connectivity index (χ3n) is 11.3. The van der Waals surface area contributed by atoms with Crippen molar-refractivity contribution < 1.29 is 14.1 Å². The summed E-state index contributed by atoms with van der Waals surface area (Å²) in [5.74, 6) is 0.258. The molecule has 1 fully saturated rings. The predicted octanol–water partition coefficient (Wildman–Crippen LogP) is 9.14. The zero-order valence-electron chi connectivity index (χ0n) is 30.5. The molecule has 0 aromatic heterocycles. The van der Waals surface area contributed by atoms with Crippen molar-refractivity contribution in [2.45, 2.75) is 83.0 Å². The minimum atomic E-state index is -0.143. The number of amides is 2. The van der Waals surface area contributed by atoms with Crippen LogP contribution in [0, 0.1) is 5.92 Å². The Morgan fingerprint density at radius 2 is 1.12 bits per heavy atom. The highest BCUT2D eigenvalue weighted by molar-refractivity contribution is 6.21. The molecule has 5 rings (SSSR count). The molecular formula is C44H60N3O2+. The molecule has 2 amide bonds. The minimum absolute atomic E-state index is 0.136. The molecule has 0 aliphatic carbocycles. The Hall–Kier alpha value is -3.54. The summed E-state index contributed by atoms with van der Waals surface area (Å²) in [6, 6.07) is 29.3. The number of fused-ring (bicyclic) bond motifs is 1. The van der Waals surface area contributed by atoms with E-state index >= 15 is 0 Å². The van der Waals surface area contributed by atoms with Crippen LogP contribution in [0.4, 0.5) is 0 Å². The number of allylic oxidation sites excluding steroid dienone is 1. The summed E-state index contributed by atoms with van der Waals surface area (Å²) in [6.45, 7) is 13.1. The van der Waals surface area contributed by atoms with Gasteiger partial charge in [-0.05, 0) is 87.7 Å². The lowest BCUT2D eigenvalue weighted by Crippen LogP contribution is -2.41. The van der Waals surface area contributed by atoms with E-state index in [0.717, 1.165) is 30.4 Å². The molecule has 1 saturated heterocycles. The van der Waals surface area contributed by atoms with Crippen LogP contribution in [0.3, 0.4) is 0 Å². The first-order valence-electron chi connectivity index (χ1n) is 19.0. The molecule has 5 heteroatoms. The van der Waals surface area contributed by atoms with E-state index in [1.807, 2.05) is 12.1 Å². The van der Waals surface area contributed by atoms with Gasteiger partial charge in [0.15, 0.2) is 0 Å². The molecule has 1 unspecified atom stereocenters. The molecule has 0 spiro atoms. The number of imide groups is 1. The Kier molecular flexibility index (Phi) is 13.0. The van der Waals surface area contributed by atoms with Crippen molar-refractivity contribution in [1.29, 1.82) is 0 Å². The van der Waals surface area contributed by atoms with Crippen molar-refractivity contribution in [3.05, 3.63) is 119 Å². The Balaban J connectivity index is 0.924. The predicted molar refractivity (Wildman–Crippen MR) is 203 cm³/mol. The maximum atomic E-state index is 12.6. The smallest absolute Gasteiger partial charge is 0.261 e. The zero-order chi connectivity index (χ0) is 34.7. The van der Waals surface area contributed by atoms with Crippen molar-refractivity contribution >= 4 is 11.8 Å². The molecule has 3 aromatic carbocycles. The van der Waals surface area contributed by atoms with Crippen LogP contribution in [0.1, 0.15) is 109 Å². The summed E-state index contributed by atoms with van der Waals surface area (Å²) in [5, 5.41) is 0. The van der Waals surface area contributed by atoms with Crippen LogP contribution < -0.4 is 0 Å². The van der Waals surface area contributed by atoms with E-state index < -0.39 is 0 Å². The summed E-state index contributed by atoms with van der Waals surface area (Å²) in [7, 11) is 4.62. The lowest BCUT2D eigenvalue weighted by atomic mass is 9.62. The average Bonchev–Trinajstić information content (AvgIpc) is 3.67. The van der Waals surface area contributed by atoms with Crippen LogP contribution >= 0.6 is 0 Å². The van der Waals surface area contributed by atoms with Gasteiger partial charge in [0.05, 0.1) is 38.3 Å². The minimum Gasteiger partial charge on any atom is -0.328 e. The van der Waals surface area contributed by atoms with Gasteiger partial charge in [0.25, 0.3) is 11.8 Å². The molecule has 49 heavy (non-hydrogen) atoms. The Labute approximate surface area is 296 Å². The van der Waals surface area contributed by atoms with Gasteiger partial charge in [-0.2, -0.15) is 0 Å². The van der Waals surface area contributed by atoms with E-state index in [0.29, 0.717) is 23.6 Å². The molecule has 2 aliphatic heterocycles. The van der Waals surface area contributed by atoms with Crippen LogP contribution in [-0.4, -0.2) is 79.5 Å². The lowest BCUT2D eigenvalue weighted by molar-refractivity contribution is -0.890. The van der Waals surface area contributed by atoms with Crippen LogP contribution in [0.2, 0.25) is 0 Å². The van der Waals surface area contributed by atoms with E-state index in [1.54, 1.807) is 12.1 Å². The number of unbranched alkanes of at least 4 members (excludes halogenated alkanes) is 8. The third kappa shape index (κ3) is 8.98. The van der Waals surface area contributed by atoms with E-state index in [1.165, 1.54) is 99.0 Å². The molecule has 3 aromatic rings. The number of carbonyl (C=O) groups is 2. The summed E-state index contributed by atoms with van der Waals surface area (Å²) < 4.78 is 1.00. The largest absolute Gasteiger partial charge is 0.328 e. The SMILES string of the molecule is C=C(C)C(c1ccccc1)(c1ccccc1)C1CCN(CCCCCCCCCC[N+](C)(C)CCCCN2C(=O)c3ccccc3C2=O)C1. The van der Waals surface area contributed by atoms with Crippen LogP contribution in [-0.2, 0) is 5.41 Å². The van der Waals surface area contributed by atoms with Gasteiger partial charge in [-0.3, -0.25) is 14.5 Å². The third-order valence-corrected chi connectivity index (χ3v) is 11.3. The lowest BCUT2D eigenvalue weighted by Gasteiger charge is -2.41. The van der Waals surface area contributed by atoms with Crippen molar-refractivity contribution in [3.63, 3.8) is 0 Å². The van der Waals surface area contributed by atoms with Gasteiger partial charge in [0, 0.05) is 18.5 Å². The second kappa shape index (κ2) is 17.4. The van der Waals surface area contributed by atoms with E-state index in [9.17, 15) is 9.59 Å². The van der Waals surface area contributed by atoms with E-state index in [4.69, 9.17) is 0 Å². The van der Waals surface area contributed by atoms with Crippen LogP contribution in [0.25, 0.3) is 0 Å². The molecule has 5 nitrogen and oxygen atoms in total. The molecule has 2 heterocycles. The number of rotatable bonds is 20. The highest BCUT2D eigenvalue weighted by Crippen LogP contribution is 2.48. The molecule has 1 atom stereocenters. The first kappa shape index (κ1) is 36.7. The van der Waals surface area contributed by atoms with Gasteiger partial charge in [-0.15, -0.1) is 0 Å². The first-order chi connectivity index (χ1) is 23.7. The maximum Gasteiger partial charge on any atom is 0.261 e. The highest BCUT2D eigenvalue weighted by atomic mass is 16.2. The second-order valence-corrected chi connectivity index (χ2v) is 15.3. The van der Waals surface area contributed by atoms with Crippen molar-refractivity contribution in [2.24, 2.45) is 5.92 Å². The Morgan fingerprint density at radius 3 is 1.65 bits per heavy atom. The number of nitrogens with zero attached hydrogens (tertiary/aromatic N) is 3. The second-order valence-electron chi connectivity index (χ2n) is 15.3. The van der Waals surface area contributed by atoms with Gasteiger partial charge < -0.3 is 9.38 Å². The fraction of sp³-hybridized carbons (Fsp3) is 0.500. The topological polar surface area (TPSA) is 40.6 Å². The van der Waals surface area contributed by atoms with Gasteiger partial charge >= 0.3 is 0 Å². The van der Waals surface area contributed by atoms with Crippen LogP contribution in [0.15, 0.2) is 97.1 Å². The Bertz CT molecular complexity index is 1440. The van der Waals surface area contributed by atoms with Gasteiger partial charge in [-0.1, -0.05) is 117 Å². The molecule has 0 saturated carbocycles. The van der Waals surface area contributed by atoms with Crippen LogP contribution in [0.5, 0.6) is 0 Å². The standard InChI is InChI=1S/C44H60N3O2/c1-36(2)44(37-23-13-11-14-24-37,38-25-15-12-16-26-38)39-29-32-45(35-39)30-19-9-7-5-6-8-10-21-33-47(3,4)34-22-20-31-46-42(48)40-27-17-18-28-41(40)43(46)49/h11-18,23-28,39H,1,5-10,19-22,29-35H2,2-4H3/q+1. The fourth-order valence-electron chi connectivity index (χ4n) is 8.57. The number of hydrogen-bond acceptors (Lipinski definition) is 3. The van der Waals surface area contributed by atoms with Crippen molar-refractivity contribution in [1.82, 2.24) is 9.80 Å². The van der Waals surface area contributed by atoms with E-state index in [2.05, 4.69) is 93.2 Å². The molecule has 262 valence electrons. The summed E-state index contributed by atoms with van der Waals surface area (Å²) in [4.78, 5) is 29.3. The number of hydrogen-bond donors (Lipinski definition) is 0. The first-order valence-corrected chi connectivity index (χ1v) is 19.0. The average molecular weight is 663 g/mol. The highest BCUT2D eigenvalue weighted by Gasteiger charge is 2.45. The number of quaternary nitrogens is 1. The molecule has 0 radical (unpaired) electrons. The zero-order valence-corrected chi connectivity index (χ0v) is 30.5. The summed E-state index contributed by atoms with van der Waals surface area (Å²) >= 11 is 0. The molecular weight excluding hydrogens is 603 g/mol. The number of likely N-dealkylation sites (tertiary alicyclic amines) is 1. The monoisotopic (exact) mass is 662 g/mol. The number of benzene rings is 3.